The van der Waals surface area contributed by atoms with Gasteiger partial charge in [-0.3, -0.25) is 0 Å². The first-order valence-electron chi connectivity index (χ1n) is 5.01. The average Bonchev–Trinajstić information content (AvgIpc) is 2.39. The van der Waals surface area contributed by atoms with Crippen LogP contribution in [0.4, 0.5) is 0 Å². The summed E-state index contributed by atoms with van der Waals surface area (Å²) in [5, 5.41) is 0.210. The molecule has 0 saturated heterocycles. The Balaban J connectivity index is 1.95. The molecule has 0 fully saturated rings. The second-order valence-corrected chi connectivity index (χ2v) is 3.66. The van der Waals surface area contributed by atoms with Crippen molar-refractivity contribution < 1.29 is 9.47 Å². The fourth-order valence-electron chi connectivity index (χ4n) is 1.26. The molecular weight excluding hydrogens is 240 g/mol. The standard InChI is InChI=1S/C12H11ClN2O2/c1-16-10-4-2-9(3-5-10)8-17-11-6-14-12(13)15-7-11/h2-7H,8H2,1H3. The third kappa shape index (κ3) is 3.32. The Morgan fingerprint density at radius 3 is 2.29 bits per heavy atom. The van der Waals surface area contributed by atoms with E-state index in [0.29, 0.717) is 12.4 Å². The second-order valence-electron chi connectivity index (χ2n) is 3.32. The summed E-state index contributed by atoms with van der Waals surface area (Å²) >= 11 is 5.57. The summed E-state index contributed by atoms with van der Waals surface area (Å²) in [6.45, 7) is 0.453. The van der Waals surface area contributed by atoms with E-state index in [0.717, 1.165) is 11.3 Å². The summed E-state index contributed by atoms with van der Waals surface area (Å²) in [5.41, 5.74) is 1.04. The lowest BCUT2D eigenvalue weighted by Gasteiger charge is -2.06. The van der Waals surface area contributed by atoms with Crippen molar-refractivity contribution in [3.8, 4) is 11.5 Å². The summed E-state index contributed by atoms with van der Waals surface area (Å²) in [7, 11) is 1.64. The Morgan fingerprint density at radius 2 is 1.71 bits per heavy atom. The van der Waals surface area contributed by atoms with Crippen LogP contribution >= 0.6 is 11.6 Å². The number of ether oxygens (including phenoxy) is 2. The van der Waals surface area contributed by atoms with Gasteiger partial charge >= 0.3 is 0 Å². The normalized spacial score (nSPS) is 10.0. The van der Waals surface area contributed by atoms with E-state index in [1.54, 1.807) is 19.5 Å². The largest absolute Gasteiger partial charge is 0.497 e. The zero-order valence-electron chi connectivity index (χ0n) is 9.26. The highest BCUT2D eigenvalue weighted by Crippen LogP contribution is 2.14. The maximum Gasteiger partial charge on any atom is 0.222 e. The van der Waals surface area contributed by atoms with Crippen molar-refractivity contribution >= 4 is 11.6 Å². The molecule has 0 spiro atoms. The molecule has 2 rings (SSSR count). The van der Waals surface area contributed by atoms with Gasteiger partial charge in [-0.15, -0.1) is 0 Å². The molecule has 0 amide bonds. The van der Waals surface area contributed by atoms with Crippen LogP contribution in [0.15, 0.2) is 36.7 Å². The fraction of sp³-hybridized carbons (Fsp3) is 0.167. The molecular formula is C12H11ClN2O2. The molecule has 0 aliphatic carbocycles. The number of nitrogens with zero attached hydrogens (tertiary/aromatic N) is 2. The van der Waals surface area contributed by atoms with Gasteiger partial charge in [0.25, 0.3) is 0 Å². The molecule has 17 heavy (non-hydrogen) atoms. The number of hydrogen-bond donors (Lipinski definition) is 0. The molecule has 0 aliphatic heterocycles. The summed E-state index contributed by atoms with van der Waals surface area (Å²) in [5.74, 6) is 1.41. The van der Waals surface area contributed by atoms with Crippen LogP contribution < -0.4 is 9.47 Å². The van der Waals surface area contributed by atoms with Gasteiger partial charge in [0.05, 0.1) is 19.5 Å². The Hall–Kier alpha value is -1.81. The minimum Gasteiger partial charge on any atom is -0.497 e. The minimum atomic E-state index is 0.210. The maximum absolute atomic E-state index is 5.57. The highest BCUT2D eigenvalue weighted by atomic mass is 35.5. The molecule has 0 atom stereocenters. The van der Waals surface area contributed by atoms with Crippen LogP contribution in [-0.4, -0.2) is 17.1 Å². The van der Waals surface area contributed by atoms with E-state index in [1.165, 1.54) is 0 Å². The van der Waals surface area contributed by atoms with E-state index in [1.807, 2.05) is 24.3 Å². The third-order valence-corrected chi connectivity index (χ3v) is 2.36. The Morgan fingerprint density at radius 1 is 1.06 bits per heavy atom. The van der Waals surface area contributed by atoms with Gasteiger partial charge in [-0.1, -0.05) is 12.1 Å². The molecule has 2 aromatic rings. The minimum absolute atomic E-state index is 0.210. The van der Waals surface area contributed by atoms with Crippen molar-refractivity contribution in [2.75, 3.05) is 7.11 Å². The summed E-state index contributed by atoms with van der Waals surface area (Å²) in [4.78, 5) is 7.66. The van der Waals surface area contributed by atoms with E-state index in [9.17, 15) is 0 Å². The molecule has 0 bridgehead atoms. The van der Waals surface area contributed by atoms with Crippen LogP contribution in [0.1, 0.15) is 5.56 Å². The molecule has 1 aromatic carbocycles. The molecule has 4 nitrogen and oxygen atoms in total. The summed E-state index contributed by atoms with van der Waals surface area (Å²) in [6, 6.07) is 7.65. The van der Waals surface area contributed by atoms with E-state index in [4.69, 9.17) is 21.1 Å². The van der Waals surface area contributed by atoms with E-state index in [2.05, 4.69) is 9.97 Å². The summed E-state index contributed by atoms with van der Waals surface area (Å²) < 4.78 is 10.6. The quantitative estimate of drug-likeness (QED) is 0.783. The van der Waals surface area contributed by atoms with Crippen molar-refractivity contribution in [1.82, 2.24) is 9.97 Å². The summed E-state index contributed by atoms with van der Waals surface area (Å²) in [6.07, 6.45) is 3.08. The molecule has 0 saturated carbocycles. The maximum atomic E-state index is 5.57. The van der Waals surface area contributed by atoms with Crippen molar-refractivity contribution in [3.63, 3.8) is 0 Å². The molecule has 0 unspecified atom stereocenters. The average molecular weight is 251 g/mol. The van der Waals surface area contributed by atoms with Crippen LogP contribution in [0, 0.1) is 0 Å². The molecule has 1 heterocycles. The lowest BCUT2D eigenvalue weighted by Crippen LogP contribution is -1.96. The van der Waals surface area contributed by atoms with Crippen LogP contribution in [0.2, 0.25) is 5.28 Å². The monoisotopic (exact) mass is 250 g/mol. The Bertz CT molecular complexity index is 471. The van der Waals surface area contributed by atoms with E-state index >= 15 is 0 Å². The van der Waals surface area contributed by atoms with Crippen molar-refractivity contribution in [1.29, 1.82) is 0 Å². The molecule has 5 heteroatoms. The first-order chi connectivity index (χ1) is 8.28. The van der Waals surface area contributed by atoms with Gasteiger partial charge in [0, 0.05) is 0 Å². The third-order valence-electron chi connectivity index (χ3n) is 2.16. The number of rotatable bonds is 4. The number of aromatic nitrogens is 2. The second kappa shape index (κ2) is 5.50. The number of hydrogen-bond acceptors (Lipinski definition) is 4. The Kier molecular flexibility index (Phi) is 3.77. The fourth-order valence-corrected chi connectivity index (χ4v) is 1.36. The topological polar surface area (TPSA) is 44.2 Å². The molecule has 0 N–H and O–H groups in total. The first-order valence-corrected chi connectivity index (χ1v) is 5.39. The SMILES string of the molecule is COc1ccc(COc2cnc(Cl)nc2)cc1. The zero-order valence-corrected chi connectivity index (χ0v) is 10.0. The van der Waals surface area contributed by atoms with E-state index in [-0.39, 0.29) is 5.28 Å². The molecule has 1 aromatic heterocycles. The number of methoxy groups -OCH3 is 1. The van der Waals surface area contributed by atoms with Crippen LogP contribution in [0.5, 0.6) is 11.5 Å². The van der Waals surface area contributed by atoms with Gasteiger partial charge in [-0.05, 0) is 29.3 Å². The van der Waals surface area contributed by atoms with Gasteiger partial charge in [-0.2, -0.15) is 0 Å². The predicted octanol–water partition coefficient (Wildman–Crippen LogP) is 2.72. The van der Waals surface area contributed by atoms with Gasteiger partial charge in [-0.25, -0.2) is 9.97 Å². The highest BCUT2D eigenvalue weighted by molar-refractivity contribution is 6.28. The van der Waals surface area contributed by atoms with Gasteiger partial charge < -0.3 is 9.47 Å². The van der Waals surface area contributed by atoms with Crippen LogP contribution in [0.3, 0.4) is 0 Å². The highest BCUT2D eigenvalue weighted by Gasteiger charge is 1.98. The van der Waals surface area contributed by atoms with Gasteiger partial charge in [0.2, 0.25) is 5.28 Å². The van der Waals surface area contributed by atoms with Gasteiger partial charge in [0.15, 0.2) is 5.75 Å². The van der Waals surface area contributed by atoms with Crippen LogP contribution in [0.25, 0.3) is 0 Å². The Labute approximate surface area is 104 Å². The zero-order chi connectivity index (χ0) is 12.1. The van der Waals surface area contributed by atoms with Crippen molar-refractivity contribution in [2.45, 2.75) is 6.61 Å². The molecule has 88 valence electrons. The number of benzene rings is 1. The van der Waals surface area contributed by atoms with Gasteiger partial charge in [0.1, 0.15) is 12.4 Å². The smallest absolute Gasteiger partial charge is 0.222 e. The first kappa shape index (κ1) is 11.7. The number of halogens is 1. The predicted molar refractivity (Wildman–Crippen MR) is 64.4 cm³/mol. The van der Waals surface area contributed by atoms with Crippen molar-refractivity contribution in [3.05, 3.63) is 47.5 Å². The van der Waals surface area contributed by atoms with Crippen molar-refractivity contribution in [2.24, 2.45) is 0 Å². The van der Waals surface area contributed by atoms with E-state index < -0.39 is 0 Å². The lowest BCUT2D eigenvalue weighted by molar-refractivity contribution is 0.303. The van der Waals surface area contributed by atoms with Crippen LogP contribution in [-0.2, 0) is 6.61 Å². The molecule has 0 aliphatic rings. The lowest BCUT2D eigenvalue weighted by atomic mass is 10.2. The molecule has 0 radical (unpaired) electrons.